The van der Waals surface area contributed by atoms with Crippen molar-refractivity contribution in [2.24, 2.45) is 0 Å². The van der Waals surface area contributed by atoms with Crippen LogP contribution < -0.4 is 10.6 Å². The number of anilines is 1. The third-order valence-corrected chi connectivity index (χ3v) is 7.48. The van der Waals surface area contributed by atoms with Gasteiger partial charge in [0, 0.05) is 29.6 Å². The monoisotopic (exact) mass is 564 g/mol. The van der Waals surface area contributed by atoms with E-state index in [9.17, 15) is 36.4 Å². The predicted octanol–water partition coefficient (Wildman–Crippen LogP) is 5.06. The number of benzene rings is 1. The Morgan fingerprint density at radius 3 is 2.46 bits per heavy atom. The summed E-state index contributed by atoms with van der Waals surface area (Å²) in [4.78, 5) is 29.1. The Labute approximate surface area is 224 Å². The number of sulfone groups is 1. The smallest absolute Gasteiger partial charge is 0.433 e. The van der Waals surface area contributed by atoms with Gasteiger partial charge in [-0.1, -0.05) is 13.0 Å². The lowest BCUT2D eigenvalue weighted by molar-refractivity contribution is -0.141. The number of pyridine rings is 1. The minimum Gasteiger partial charge on any atom is -0.444 e. The molecular formula is C26H27F3N4O5S. The van der Waals surface area contributed by atoms with Crippen LogP contribution in [-0.2, 0) is 25.5 Å². The number of carbonyl (C=O) groups excluding carboxylic acids is 2. The lowest BCUT2D eigenvalue weighted by Crippen LogP contribution is -2.37. The largest absolute Gasteiger partial charge is 0.444 e. The van der Waals surface area contributed by atoms with Gasteiger partial charge in [0.1, 0.15) is 11.3 Å². The first-order valence-electron chi connectivity index (χ1n) is 11.9. The normalized spacial score (nSPS) is 15.1. The zero-order chi connectivity index (χ0) is 29.2. The molecule has 39 heavy (non-hydrogen) atoms. The number of halogens is 3. The van der Waals surface area contributed by atoms with Crippen LogP contribution in [0, 0.1) is 11.3 Å². The molecule has 0 aliphatic heterocycles. The average molecular weight is 565 g/mol. The van der Waals surface area contributed by atoms with Crippen molar-refractivity contribution in [3.8, 4) is 6.07 Å². The van der Waals surface area contributed by atoms with Crippen molar-refractivity contribution in [3.05, 3.63) is 64.6 Å². The van der Waals surface area contributed by atoms with E-state index in [0.29, 0.717) is 0 Å². The summed E-state index contributed by atoms with van der Waals surface area (Å²) in [7, 11) is -3.95. The molecule has 1 aliphatic rings. The number of ether oxygens (including phenoxy) is 1. The van der Waals surface area contributed by atoms with Gasteiger partial charge >= 0.3 is 12.3 Å². The number of aromatic nitrogens is 1. The lowest BCUT2D eigenvalue weighted by Gasteiger charge is -2.26. The highest BCUT2D eigenvalue weighted by molar-refractivity contribution is 7.91. The highest BCUT2D eigenvalue weighted by atomic mass is 32.2. The molecule has 208 valence electrons. The van der Waals surface area contributed by atoms with Gasteiger partial charge in [-0.2, -0.15) is 18.4 Å². The third-order valence-electron chi connectivity index (χ3n) is 5.69. The Bertz CT molecular complexity index is 1470. The van der Waals surface area contributed by atoms with E-state index >= 15 is 0 Å². The van der Waals surface area contributed by atoms with Gasteiger partial charge in [0.25, 0.3) is 0 Å². The van der Waals surface area contributed by atoms with E-state index < -0.39 is 45.2 Å². The molecular weight excluding hydrogens is 537 g/mol. The third kappa shape index (κ3) is 7.14. The topological polar surface area (TPSA) is 138 Å². The van der Waals surface area contributed by atoms with Gasteiger partial charge in [-0.25, -0.2) is 13.2 Å². The van der Waals surface area contributed by atoms with Gasteiger partial charge in [0.05, 0.1) is 28.3 Å². The van der Waals surface area contributed by atoms with Crippen molar-refractivity contribution in [1.82, 2.24) is 10.3 Å². The molecule has 0 spiro atoms. The van der Waals surface area contributed by atoms with Crippen LogP contribution in [0.3, 0.4) is 0 Å². The van der Waals surface area contributed by atoms with Crippen molar-refractivity contribution >= 4 is 27.4 Å². The number of hydrogen-bond donors (Lipinski definition) is 2. The van der Waals surface area contributed by atoms with Gasteiger partial charge in [-0.3, -0.25) is 9.78 Å². The molecule has 1 heterocycles. The Kier molecular flexibility index (Phi) is 8.40. The summed E-state index contributed by atoms with van der Waals surface area (Å²) in [5.74, 6) is -0.781. The molecule has 0 saturated heterocycles. The number of carbonyl (C=O) groups is 2. The summed E-state index contributed by atoms with van der Waals surface area (Å²) in [6, 6.07) is 6.41. The minimum atomic E-state index is -4.70. The molecule has 3 rings (SSSR count). The molecule has 1 aliphatic carbocycles. The minimum absolute atomic E-state index is 0.00299. The maximum atomic E-state index is 13.2. The molecule has 13 heteroatoms. The Morgan fingerprint density at radius 2 is 1.87 bits per heavy atom. The maximum Gasteiger partial charge on any atom is 0.433 e. The number of Topliss-reactive ketones (excluding diaryl/α,β-unsaturated/α-hetero) is 1. The molecule has 1 aromatic carbocycles. The summed E-state index contributed by atoms with van der Waals surface area (Å²) in [5, 5.41) is 14.7. The highest BCUT2D eigenvalue weighted by Gasteiger charge is 2.37. The van der Waals surface area contributed by atoms with Gasteiger partial charge in [-0.15, -0.1) is 0 Å². The predicted molar refractivity (Wildman–Crippen MR) is 135 cm³/mol. The van der Waals surface area contributed by atoms with Crippen molar-refractivity contribution in [2.75, 3.05) is 11.1 Å². The van der Waals surface area contributed by atoms with Crippen molar-refractivity contribution in [3.63, 3.8) is 0 Å². The number of nitrogens with one attached hydrogen (secondary N) is 2. The number of ketones is 1. The van der Waals surface area contributed by atoms with E-state index in [-0.39, 0.29) is 51.6 Å². The number of rotatable bonds is 7. The van der Waals surface area contributed by atoms with Crippen molar-refractivity contribution in [1.29, 1.82) is 5.26 Å². The first-order chi connectivity index (χ1) is 18.1. The molecule has 0 bridgehead atoms. The zero-order valence-corrected chi connectivity index (χ0v) is 22.5. The molecule has 0 saturated carbocycles. The van der Waals surface area contributed by atoms with Crippen LogP contribution >= 0.6 is 0 Å². The number of amides is 1. The first kappa shape index (κ1) is 29.6. The summed E-state index contributed by atoms with van der Waals surface area (Å²) >= 11 is 0. The fourth-order valence-electron chi connectivity index (χ4n) is 3.98. The number of allylic oxidation sites excluding steroid dienone is 1. The quantitative estimate of drug-likeness (QED) is 0.476. The molecule has 0 fully saturated rings. The second-order valence-electron chi connectivity index (χ2n) is 9.71. The Hall–Kier alpha value is -3.92. The maximum absolute atomic E-state index is 13.2. The average Bonchev–Trinajstić information content (AvgIpc) is 3.20. The molecule has 1 aromatic heterocycles. The van der Waals surface area contributed by atoms with Crippen LogP contribution in [0.25, 0.3) is 0 Å². The fourth-order valence-corrected chi connectivity index (χ4v) is 5.14. The lowest BCUT2D eigenvalue weighted by atomic mass is 9.95. The zero-order valence-electron chi connectivity index (χ0n) is 21.6. The molecule has 1 unspecified atom stereocenters. The van der Waals surface area contributed by atoms with Crippen molar-refractivity contribution in [2.45, 2.75) is 63.3 Å². The second-order valence-corrected chi connectivity index (χ2v) is 12.0. The van der Waals surface area contributed by atoms with E-state index in [0.717, 1.165) is 18.3 Å². The van der Waals surface area contributed by atoms with Crippen LogP contribution in [0.5, 0.6) is 0 Å². The van der Waals surface area contributed by atoms with E-state index in [1.54, 1.807) is 20.8 Å². The number of hydrogen-bond acceptors (Lipinski definition) is 8. The van der Waals surface area contributed by atoms with Gasteiger partial charge < -0.3 is 15.4 Å². The van der Waals surface area contributed by atoms with Crippen molar-refractivity contribution < 1.29 is 35.9 Å². The van der Waals surface area contributed by atoms with E-state index in [2.05, 4.69) is 15.6 Å². The first-order valence-corrected chi connectivity index (χ1v) is 13.5. The van der Waals surface area contributed by atoms with Crippen LogP contribution in [0.15, 0.2) is 52.7 Å². The van der Waals surface area contributed by atoms with E-state index in [4.69, 9.17) is 4.74 Å². The number of nitriles is 1. The number of alkyl carbamates (subject to hydrolysis) is 1. The molecule has 0 radical (unpaired) electrons. The van der Waals surface area contributed by atoms with Gasteiger partial charge in [0.2, 0.25) is 0 Å². The summed E-state index contributed by atoms with van der Waals surface area (Å²) in [5.41, 5.74) is -1.87. The fraction of sp³-hybridized carbons (Fsp3) is 0.385. The van der Waals surface area contributed by atoms with Crippen LogP contribution in [0.2, 0.25) is 0 Å². The van der Waals surface area contributed by atoms with Crippen LogP contribution in [0.4, 0.5) is 23.7 Å². The molecule has 1 amide bonds. The molecule has 2 aromatic rings. The Balaban J connectivity index is 2.21. The highest BCUT2D eigenvalue weighted by Crippen LogP contribution is 2.38. The van der Waals surface area contributed by atoms with E-state index in [1.165, 1.54) is 25.1 Å². The summed E-state index contributed by atoms with van der Waals surface area (Å²) in [6.07, 6.45) is -4.63. The van der Waals surface area contributed by atoms with Crippen LogP contribution in [-0.4, -0.2) is 36.6 Å². The second kappa shape index (κ2) is 11.1. The number of nitrogens with zero attached hydrogens (tertiary/aromatic N) is 2. The molecule has 2 N–H and O–H groups in total. The van der Waals surface area contributed by atoms with Crippen LogP contribution in [0.1, 0.15) is 63.4 Å². The molecule has 9 nitrogen and oxygen atoms in total. The summed E-state index contributed by atoms with van der Waals surface area (Å²) in [6.45, 7) is 6.25. The van der Waals surface area contributed by atoms with Gasteiger partial charge in [-0.05, 0) is 57.0 Å². The van der Waals surface area contributed by atoms with Gasteiger partial charge in [0.15, 0.2) is 15.6 Å². The standard InChI is InChI=1S/C26H27F3N4O5S/c1-5-39(36,37)20-12-15(14-30)6-7-17(20)23(33-24(35)38-25(2,3)4)22-18(8-9-19(22)34)32-16-10-11-31-21(13-16)26(27,28)29/h6-7,10-13,23H,5,8-9H2,1-4H3,(H,31,32)(H,33,35). The Morgan fingerprint density at radius 1 is 1.18 bits per heavy atom. The molecule has 1 atom stereocenters. The SMILES string of the molecule is CCS(=O)(=O)c1cc(C#N)ccc1C(NC(=O)OC(C)(C)C)C1=C(Nc2ccnc(C(F)(F)F)c2)CCC1=O. The van der Waals surface area contributed by atoms with E-state index in [1.807, 2.05) is 6.07 Å². The summed E-state index contributed by atoms with van der Waals surface area (Å²) < 4.78 is 71.0. The number of alkyl halides is 3.